The van der Waals surface area contributed by atoms with Gasteiger partial charge in [-0.25, -0.2) is 0 Å². The van der Waals surface area contributed by atoms with E-state index in [2.05, 4.69) is 342 Å². The maximum atomic E-state index is 4.66. The Bertz CT molecular complexity index is 1810. The van der Waals surface area contributed by atoms with E-state index in [0.29, 0.717) is 120 Å². The Morgan fingerprint density at radius 1 is 0.294 bits per heavy atom. The van der Waals surface area contributed by atoms with Crippen LogP contribution >= 0.6 is 189 Å². The van der Waals surface area contributed by atoms with E-state index in [4.69, 9.17) is 0 Å². The van der Waals surface area contributed by atoms with Gasteiger partial charge < -0.3 is 0 Å². The van der Waals surface area contributed by atoms with Gasteiger partial charge in [-0.2, -0.15) is 189 Å². The Labute approximate surface area is 723 Å². The lowest BCUT2D eigenvalue weighted by Gasteiger charge is -2.39. The first-order chi connectivity index (χ1) is 47.6. The summed E-state index contributed by atoms with van der Waals surface area (Å²) in [7, 11) is 0. The molecule has 0 saturated heterocycles. The van der Waals surface area contributed by atoms with Crippen molar-refractivity contribution in [3.8, 4) is 0 Å². The molecule has 0 spiro atoms. The molecule has 0 amide bonds. The van der Waals surface area contributed by atoms with Gasteiger partial charge in [0.2, 0.25) is 0 Å². The van der Waals surface area contributed by atoms with Crippen molar-refractivity contribution >= 4 is 189 Å². The average Bonchev–Trinajstić information content (AvgIpc) is 0.846. The van der Waals surface area contributed by atoms with Crippen LogP contribution in [-0.4, -0.2) is 78.7 Å². The van der Waals surface area contributed by atoms with Crippen molar-refractivity contribution in [3.63, 3.8) is 0 Å². The fourth-order valence-corrected chi connectivity index (χ4v) is 23.2. The third kappa shape index (κ3) is 43.5. The van der Waals surface area contributed by atoms with Crippen LogP contribution in [-0.2, 0) is 0 Å². The van der Waals surface area contributed by atoms with Crippen molar-refractivity contribution in [2.45, 2.75) is 424 Å². The maximum Gasteiger partial charge on any atom is 0.0255 e. The van der Waals surface area contributed by atoms with Gasteiger partial charge in [0.25, 0.3) is 0 Å². The topological polar surface area (TPSA) is 0 Å². The highest BCUT2D eigenvalue weighted by Crippen LogP contribution is 2.43. The summed E-state index contributed by atoms with van der Waals surface area (Å²) in [6, 6.07) is 0. The summed E-state index contributed by atoms with van der Waals surface area (Å²) < 4.78 is 0. The molecule has 614 valence electrons. The Morgan fingerprint density at radius 2 is 0.676 bits per heavy atom. The molecule has 8 aliphatic carbocycles. The van der Waals surface area contributed by atoms with Gasteiger partial charge in [-0.3, -0.25) is 0 Å². The number of hydrogen-bond acceptors (Lipinski definition) is 15. The van der Waals surface area contributed by atoms with Crippen LogP contribution in [0.5, 0.6) is 0 Å². The van der Waals surface area contributed by atoms with Gasteiger partial charge >= 0.3 is 0 Å². The summed E-state index contributed by atoms with van der Waals surface area (Å²) in [6.45, 7) is 49.9. The molecule has 25 atom stereocenters. The quantitative estimate of drug-likeness (QED) is 0.0526. The summed E-state index contributed by atoms with van der Waals surface area (Å²) in [5.41, 5.74) is 0. The standard InChI is InChI=1S/C17H32.C13H28S2.C10H20S.2C8H16S3.2C8H16S2.C8H16S.C7H16S/c1-3-14-5-9-16(10-6-14)13-17-11-7-15(4-2)8-12-17;1-5-10(2)13(15)9-7-6-8-11(3)12(4)14;1-3-8-5-6-9(4-2)10(11)7-8;1-4-6(9)3-7(10)5(2)8(4)11;1-4-3-5(2)7(10)8(11)6(4)9;1-5-3-6(2)8(10)4-7(5)9;1-5-3-4-7(9)6(2)8(5)10;1-6-4-3-5-7(2)8(6)9;1-5(2)7(8)6(3)4/h14-17H,3-13H2,1-2H3;10-15H,5-9H2,1-4H3;8-11H,3-7H2,1-2H3;2*4-11H,3H2,1-2H3;2*5-10H,3-4H2,1-2H3;6-9H,3-5H2,1-2H3;5-8H,1-4H3. The zero-order chi connectivity index (χ0) is 78.4. The number of hydrogen-bond donors (Lipinski definition) is 15. The minimum atomic E-state index is 0.348. The van der Waals surface area contributed by atoms with Crippen LogP contribution in [0.15, 0.2) is 0 Å². The summed E-state index contributed by atoms with van der Waals surface area (Å²) in [4.78, 5) is 0. The Morgan fingerprint density at radius 3 is 1.03 bits per heavy atom. The lowest BCUT2D eigenvalue weighted by Crippen LogP contribution is -2.41. The van der Waals surface area contributed by atoms with E-state index in [9.17, 15) is 0 Å². The number of rotatable bonds is 16. The Kier molecular flexibility index (Phi) is 62.9. The lowest BCUT2D eigenvalue weighted by molar-refractivity contribution is 0.188. The van der Waals surface area contributed by atoms with Crippen LogP contribution in [0.4, 0.5) is 0 Å². The molecule has 0 aromatic heterocycles. The van der Waals surface area contributed by atoms with Crippen LogP contribution in [0, 0.1) is 118 Å². The van der Waals surface area contributed by atoms with Gasteiger partial charge in [0.1, 0.15) is 0 Å². The molecule has 15 heteroatoms. The Hall–Kier alpha value is 5.25. The summed E-state index contributed by atoms with van der Waals surface area (Å²) in [6.07, 6.45) is 41.7. The highest BCUT2D eigenvalue weighted by atomic mass is 32.1. The van der Waals surface area contributed by atoms with Crippen LogP contribution in [0.2, 0.25) is 0 Å². The van der Waals surface area contributed by atoms with E-state index in [1.54, 1.807) is 32.1 Å². The molecule has 0 nitrogen and oxygen atoms in total. The molecule has 8 saturated carbocycles. The molecule has 102 heavy (non-hydrogen) atoms. The predicted molar refractivity (Wildman–Crippen MR) is 525 cm³/mol. The van der Waals surface area contributed by atoms with E-state index in [1.807, 2.05) is 0 Å². The molecule has 8 aliphatic rings. The van der Waals surface area contributed by atoms with Gasteiger partial charge in [0.15, 0.2) is 0 Å². The van der Waals surface area contributed by atoms with Crippen LogP contribution in [0.3, 0.4) is 0 Å². The normalized spacial score (nSPS) is 39.5. The first kappa shape index (κ1) is 107. The van der Waals surface area contributed by atoms with E-state index < -0.39 is 0 Å². The number of thiol groups is 15. The SMILES string of the molecule is CC(C)C(S)C(C)C.CC1C(S)CC(S)C(C)C1S.CC1CC(C)C(S)C(S)C1S.CC1CC(C)C(S)CC1S.CC1CCC(S)C(C)C1S.CC1CCCC(C)C1S.CCC(C)C(S)CCCCC(C)C(C)S.CCC1CCC(CC)C(S)C1.CCC1CCC(CC2CCC(CC)CC2)CC1. The van der Waals surface area contributed by atoms with Gasteiger partial charge in [0.05, 0.1) is 0 Å². The van der Waals surface area contributed by atoms with Gasteiger partial charge in [0, 0.05) is 78.7 Å². The van der Waals surface area contributed by atoms with Crippen molar-refractivity contribution in [1.82, 2.24) is 0 Å². The molecule has 8 fully saturated rings. The van der Waals surface area contributed by atoms with E-state index in [0.717, 1.165) is 83.4 Å². The first-order valence-electron chi connectivity index (χ1n) is 42.9. The third-order valence-electron chi connectivity index (χ3n) is 26.9. The maximum absolute atomic E-state index is 4.66. The summed E-state index contributed by atoms with van der Waals surface area (Å²) >= 11 is 68.0. The van der Waals surface area contributed by atoms with E-state index in [-0.39, 0.29) is 0 Å². The molecular formula is C87H176S15. The van der Waals surface area contributed by atoms with Crippen LogP contribution < -0.4 is 0 Å². The number of unbranched alkanes of at least 4 members (excludes halogenated alkanes) is 1. The van der Waals surface area contributed by atoms with E-state index in [1.165, 1.54) is 154 Å². The van der Waals surface area contributed by atoms with Crippen LogP contribution in [0.1, 0.15) is 345 Å². The minimum Gasteiger partial charge on any atom is -0.176 e. The predicted octanol–water partition coefficient (Wildman–Crippen LogP) is 29.9. The molecule has 25 unspecified atom stereocenters. The largest absolute Gasteiger partial charge is 0.176 e. The smallest absolute Gasteiger partial charge is 0.0255 e. The molecule has 0 aliphatic heterocycles. The van der Waals surface area contributed by atoms with Crippen molar-refractivity contribution in [1.29, 1.82) is 0 Å². The Balaban J connectivity index is 0.00000114. The fourth-order valence-electron chi connectivity index (χ4n) is 17.0. The minimum absolute atomic E-state index is 0.348. The zero-order valence-corrected chi connectivity index (χ0v) is 83.5. The molecule has 0 heterocycles. The van der Waals surface area contributed by atoms with Crippen molar-refractivity contribution in [2.24, 2.45) is 118 Å². The third-order valence-corrected chi connectivity index (χ3v) is 39.2. The highest BCUT2D eigenvalue weighted by molar-refractivity contribution is 7.87. The summed E-state index contributed by atoms with van der Waals surface area (Å²) in [5, 5.41) is 7.97. The molecule has 0 N–H and O–H groups in total. The van der Waals surface area contributed by atoms with Crippen LogP contribution in [0.25, 0.3) is 0 Å². The molecule has 8 rings (SSSR count). The average molecular weight is 1700 g/mol. The van der Waals surface area contributed by atoms with Gasteiger partial charge in [-0.1, -0.05) is 261 Å². The molecule has 0 radical (unpaired) electrons. The lowest BCUT2D eigenvalue weighted by atomic mass is 9.72. The molecular weight excluding hydrogens is 1530 g/mol. The second-order valence-electron chi connectivity index (χ2n) is 36.2. The fraction of sp³-hybridized carbons (Fsp3) is 1.00. The van der Waals surface area contributed by atoms with Crippen molar-refractivity contribution in [2.75, 3.05) is 0 Å². The molecule has 0 aromatic carbocycles. The zero-order valence-electron chi connectivity index (χ0n) is 70.1. The molecule has 0 aromatic rings. The highest BCUT2D eigenvalue weighted by Gasteiger charge is 2.38. The molecule has 0 bridgehead atoms. The van der Waals surface area contributed by atoms with Gasteiger partial charge in [-0.05, 0) is 202 Å². The van der Waals surface area contributed by atoms with Gasteiger partial charge in [-0.15, -0.1) is 0 Å². The monoisotopic (exact) mass is 1700 g/mol. The van der Waals surface area contributed by atoms with E-state index >= 15 is 0 Å². The first-order valence-corrected chi connectivity index (χ1v) is 50.6. The van der Waals surface area contributed by atoms with Crippen molar-refractivity contribution in [3.05, 3.63) is 0 Å². The van der Waals surface area contributed by atoms with Crippen molar-refractivity contribution < 1.29 is 0 Å². The summed E-state index contributed by atoms with van der Waals surface area (Å²) in [5.74, 6) is 16.4. The second-order valence-corrected chi connectivity index (χ2v) is 45.9. The second kappa shape index (κ2) is 59.8.